The average Bonchev–Trinajstić information content (AvgIpc) is 2.50. The van der Waals surface area contributed by atoms with Crippen LogP contribution in [0.2, 0.25) is 0 Å². The Balaban J connectivity index is 1.89. The van der Waals surface area contributed by atoms with E-state index in [9.17, 15) is 5.11 Å². The second-order valence-corrected chi connectivity index (χ2v) is 6.21. The Labute approximate surface area is 133 Å². The van der Waals surface area contributed by atoms with Gasteiger partial charge in [0.25, 0.3) is 0 Å². The fourth-order valence-corrected chi connectivity index (χ4v) is 3.07. The SMILES string of the molecule is Cc1c(Br)cccc1C(O)Cc1ccc2ccccc2c1. The van der Waals surface area contributed by atoms with Gasteiger partial charge in [-0.15, -0.1) is 0 Å². The molecule has 2 heteroatoms. The number of fused-ring (bicyclic) bond motifs is 1. The van der Waals surface area contributed by atoms with Gasteiger partial charge in [-0.2, -0.15) is 0 Å². The maximum Gasteiger partial charge on any atom is 0.0833 e. The van der Waals surface area contributed by atoms with Crippen molar-refractivity contribution in [3.05, 3.63) is 81.8 Å². The molecule has 0 aliphatic rings. The number of aliphatic hydroxyl groups is 1. The first kappa shape index (κ1) is 14.3. The Kier molecular flexibility index (Phi) is 4.09. The van der Waals surface area contributed by atoms with Crippen LogP contribution in [0.25, 0.3) is 10.8 Å². The van der Waals surface area contributed by atoms with Gasteiger partial charge in [-0.1, -0.05) is 70.5 Å². The van der Waals surface area contributed by atoms with Gasteiger partial charge in [0.1, 0.15) is 0 Å². The lowest BCUT2D eigenvalue weighted by atomic mass is 9.96. The van der Waals surface area contributed by atoms with Crippen LogP contribution in [-0.2, 0) is 6.42 Å². The van der Waals surface area contributed by atoms with Crippen molar-refractivity contribution in [3.63, 3.8) is 0 Å². The summed E-state index contributed by atoms with van der Waals surface area (Å²) >= 11 is 3.52. The van der Waals surface area contributed by atoms with E-state index >= 15 is 0 Å². The van der Waals surface area contributed by atoms with Gasteiger partial charge in [0, 0.05) is 10.9 Å². The first-order chi connectivity index (χ1) is 10.1. The van der Waals surface area contributed by atoms with Gasteiger partial charge in [-0.05, 0) is 40.5 Å². The van der Waals surface area contributed by atoms with E-state index in [-0.39, 0.29) is 0 Å². The molecule has 0 aromatic heterocycles. The van der Waals surface area contributed by atoms with Crippen LogP contribution in [0.15, 0.2) is 65.1 Å². The van der Waals surface area contributed by atoms with Crippen LogP contribution in [0.4, 0.5) is 0 Å². The van der Waals surface area contributed by atoms with Gasteiger partial charge in [-0.3, -0.25) is 0 Å². The molecule has 0 amide bonds. The summed E-state index contributed by atoms with van der Waals surface area (Å²) < 4.78 is 1.04. The van der Waals surface area contributed by atoms with Crippen LogP contribution in [-0.4, -0.2) is 5.11 Å². The number of halogens is 1. The number of hydrogen-bond acceptors (Lipinski definition) is 1. The molecule has 3 aromatic rings. The highest BCUT2D eigenvalue weighted by Gasteiger charge is 2.12. The lowest BCUT2D eigenvalue weighted by Crippen LogP contribution is -2.04. The van der Waals surface area contributed by atoms with Gasteiger partial charge >= 0.3 is 0 Å². The molecule has 1 N–H and O–H groups in total. The van der Waals surface area contributed by atoms with Crippen LogP contribution in [0.1, 0.15) is 22.8 Å². The van der Waals surface area contributed by atoms with E-state index in [0.717, 1.165) is 21.2 Å². The number of rotatable bonds is 3. The summed E-state index contributed by atoms with van der Waals surface area (Å²) in [6.07, 6.45) is 0.144. The standard InChI is InChI=1S/C19H17BrO/c1-13-17(7-4-8-18(13)20)19(21)12-14-9-10-15-5-2-3-6-16(15)11-14/h2-11,19,21H,12H2,1H3. The van der Waals surface area contributed by atoms with E-state index < -0.39 is 6.10 Å². The van der Waals surface area contributed by atoms with Crippen molar-refractivity contribution < 1.29 is 5.11 Å². The van der Waals surface area contributed by atoms with Crippen LogP contribution >= 0.6 is 15.9 Å². The van der Waals surface area contributed by atoms with Gasteiger partial charge in [0.05, 0.1) is 6.10 Å². The zero-order chi connectivity index (χ0) is 14.8. The normalized spacial score (nSPS) is 12.5. The maximum absolute atomic E-state index is 10.5. The number of benzene rings is 3. The van der Waals surface area contributed by atoms with E-state index in [2.05, 4.69) is 46.3 Å². The molecule has 0 heterocycles. The van der Waals surface area contributed by atoms with Crippen molar-refractivity contribution in [1.82, 2.24) is 0 Å². The first-order valence-corrected chi connectivity index (χ1v) is 7.85. The Morgan fingerprint density at radius 3 is 2.52 bits per heavy atom. The minimum Gasteiger partial charge on any atom is -0.388 e. The van der Waals surface area contributed by atoms with Gasteiger partial charge in [0.2, 0.25) is 0 Å². The van der Waals surface area contributed by atoms with Crippen LogP contribution in [0.3, 0.4) is 0 Å². The van der Waals surface area contributed by atoms with Gasteiger partial charge in [-0.25, -0.2) is 0 Å². The van der Waals surface area contributed by atoms with E-state index in [0.29, 0.717) is 6.42 Å². The Hall–Kier alpha value is -1.64. The summed E-state index contributed by atoms with van der Waals surface area (Å²) in [5, 5.41) is 13.0. The van der Waals surface area contributed by atoms with Gasteiger partial charge in [0.15, 0.2) is 0 Å². The van der Waals surface area contributed by atoms with Gasteiger partial charge < -0.3 is 5.11 Å². The third kappa shape index (κ3) is 3.02. The second-order valence-electron chi connectivity index (χ2n) is 5.36. The molecule has 0 saturated heterocycles. The Bertz CT molecular complexity index is 779. The minimum atomic E-state index is -0.483. The predicted octanol–water partition coefficient (Wildman–Crippen LogP) is 5.19. The molecule has 1 nitrogen and oxygen atoms in total. The monoisotopic (exact) mass is 340 g/mol. The maximum atomic E-state index is 10.5. The lowest BCUT2D eigenvalue weighted by molar-refractivity contribution is 0.177. The fraction of sp³-hybridized carbons (Fsp3) is 0.158. The molecule has 0 saturated carbocycles. The number of aliphatic hydroxyl groups excluding tert-OH is 1. The molecule has 1 atom stereocenters. The fourth-order valence-electron chi connectivity index (χ4n) is 2.68. The summed E-state index contributed by atoms with van der Waals surface area (Å²) in [6, 6.07) is 20.6. The zero-order valence-corrected chi connectivity index (χ0v) is 13.5. The summed E-state index contributed by atoms with van der Waals surface area (Å²) in [5.41, 5.74) is 3.24. The predicted molar refractivity (Wildman–Crippen MR) is 91.5 cm³/mol. The van der Waals surface area contributed by atoms with E-state index in [4.69, 9.17) is 0 Å². The molecular formula is C19H17BrO. The Morgan fingerprint density at radius 2 is 1.71 bits per heavy atom. The van der Waals surface area contributed by atoms with Crippen molar-refractivity contribution in [2.75, 3.05) is 0 Å². The average molecular weight is 341 g/mol. The smallest absolute Gasteiger partial charge is 0.0833 e. The Morgan fingerprint density at radius 1 is 0.952 bits per heavy atom. The van der Waals surface area contributed by atoms with Crippen molar-refractivity contribution in [2.24, 2.45) is 0 Å². The molecular weight excluding hydrogens is 324 g/mol. The molecule has 106 valence electrons. The molecule has 0 fully saturated rings. The van der Waals surface area contributed by atoms with Crippen molar-refractivity contribution in [3.8, 4) is 0 Å². The first-order valence-electron chi connectivity index (χ1n) is 7.06. The molecule has 0 aliphatic heterocycles. The highest BCUT2D eigenvalue weighted by molar-refractivity contribution is 9.10. The third-order valence-corrected chi connectivity index (χ3v) is 4.77. The summed E-state index contributed by atoms with van der Waals surface area (Å²) in [5.74, 6) is 0. The summed E-state index contributed by atoms with van der Waals surface area (Å²) in [7, 11) is 0. The minimum absolute atomic E-state index is 0.483. The molecule has 0 radical (unpaired) electrons. The zero-order valence-electron chi connectivity index (χ0n) is 11.9. The highest BCUT2D eigenvalue weighted by atomic mass is 79.9. The van der Waals surface area contributed by atoms with E-state index in [1.807, 2.05) is 37.3 Å². The number of hydrogen-bond donors (Lipinski definition) is 1. The topological polar surface area (TPSA) is 20.2 Å². The molecule has 0 spiro atoms. The molecule has 21 heavy (non-hydrogen) atoms. The summed E-state index contributed by atoms with van der Waals surface area (Å²) in [4.78, 5) is 0. The molecule has 0 bridgehead atoms. The summed E-state index contributed by atoms with van der Waals surface area (Å²) in [6.45, 7) is 2.03. The molecule has 3 rings (SSSR count). The quantitative estimate of drug-likeness (QED) is 0.695. The van der Waals surface area contributed by atoms with Crippen molar-refractivity contribution >= 4 is 26.7 Å². The van der Waals surface area contributed by atoms with E-state index in [1.54, 1.807) is 0 Å². The van der Waals surface area contributed by atoms with E-state index in [1.165, 1.54) is 10.8 Å². The molecule has 3 aromatic carbocycles. The van der Waals surface area contributed by atoms with Crippen LogP contribution in [0, 0.1) is 6.92 Å². The molecule has 0 aliphatic carbocycles. The highest BCUT2D eigenvalue weighted by Crippen LogP contribution is 2.27. The molecule has 1 unspecified atom stereocenters. The van der Waals surface area contributed by atoms with Crippen molar-refractivity contribution in [1.29, 1.82) is 0 Å². The third-order valence-electron chi connectivity index (χ3n) is 3.91. The van der Waals surface area contributed by atoms with Crippen molar-refractivity contribution in [2.45, 2.75) is 19.4 Å². The largest absolute Gasteiger partial charge is 0.388 e. The second kappa shape index (κ2) is 6.00. The lowest BCUT2D eigenvalue weighted by Gasteiger charge is -2.15. The van der Waals surface area contributed by atoms with Crippen LogP contribution < -0.4 is 0 Å². The van der Waals surface area contributed by atoms with Crippen LogP contribution in [0.5, 0.6) is 0 Å².